The third-order valence-electron chi connectivity index (χ3n) is 6.72. The maximum atomic E-state index is 15.0. The second kappa shape index (κ2) is 13.0. The van der Waals surface area contributed by atoms with Crippen LogP contribution >= 0.6 is 0 Å². The summed E-state index contributed by atoms with van der Waals surface area (Å²) in [6.07, 6.45) is 2.61. The first-order valence-corrected chi connectivity index (χ1v) is 14.4. The molecule has 216 valence electrons. The summed E-state index contributed by atoms with van der Waals surface area (Å²) in [5, 5.41) is 18.5. The van der Waals surface area contributed by atoms with E-state index < -0.39 is 40.3 Å². The van der Waals surface area contributed by atoms with Crippen LogP contribution in [-0.4, -0.2) is 83.3 Å². The summed E-state index contributed by atoms with van der Waals surface area (Å²) in [5.41, 5.74) is 0.361. The summed E-state index contributed by atoms with van der Waals surface area (Å²) in [6.45, 7) is 2.40. The average Bonchev–Trinajstić information content (AvgIpc) is 2.96. The minimum absolute atomic E-state index is 0.0127. The first-order valence-electron chi connectivity index (χ1n) is 12.9. The highest BCUT2D eigenvalue weighted by molar-refractivity contribution is 7.89. The van der Waals surface area contributed by atoms with Gasteiger partial charge in [0.25, 0.3) is 5.91 Å². The third-order valence-corrected chi connectivity index (χ3v) is 8.20. The number of rotatable bonds is 10. The van der Waals surface area contributed by atoms with Crippen LogP contribution in [0, 0.1) is 5.82 Å². The molecule has 2 heterocycles. The van der Waals surface area contributed by atoms with E-state index in [1.165, 1.54) is 43.5 Å². The minimum Gasteiger partial charge on any atom is -0.497 e. The van der Waals surface area contributed by atoms with Gasteiger partial charge in [0.15, 0.2) is 5.96 Å². The van der Waals surface area contributed by atoms with Gasteiger partial charge in [-0.25, -0.2) is 12.8 Å². The lowest BCUT2D eigenvalue weighted by Crippen LogP contribution is -2.50. The Labute approximate surface area is 232 Å². The monoisotopic (exact) mass is 576 g/mol. The van der Waals surface area contributed by atoms with Gasteiger partial charge in [-0.2, -0.15) is 4.72 Å². The van der Waals surface area contributed by atoms with E-state index in [4.69, 9.17) is 4.74 Å². The molecule has 4 rings (SSSR count). The number of ether oxygens (including phenoxy) is 1. The molecule has 0 radical (unpaired) electrons. The number of amides is 1. The molecule has 40 heavy (non-hydrogen) atoms. The fourth-order valence-corrected chi connectivity index (χ4v) is 5.67. The number of hydrogen-bond acceptors (Lipinski definition) is 9. The number of nitrogens with zero attached hydrogens (tertiary/aromatic N) is 2. The van der Waals surface area contributed by atoms with E-state index in [0.29, 0.717) is 24.5 Å². The van der Waals surface area contributed by atoms with Gasteiger partial charge in [0.1, 0.15) is 17.6 Å². The Bertz CT molecular complexity index is 1350. The number of hydrogen-bond donors (Lipinski definition) is 5. The van der Waals surface area contributed by atoms with Crippen molar-refractivity contribution < 1.29 is 32.2 Å². The van der Waals surface area contributed by atoms with Gasteiger partial charge < -0.3 is 30.7 Å². The van der Waals surface area contributed by atoms with Gasteiger partial charge in [-0.1, -0.05) is 0 Å². The Morgan fingerprint density at radius 2 is 1.93 bits per heavy atom. The molecule has 2 aliphatic heterocycles. The zero-order valence-corrected chi connectivity index (χ0v) is 22.8. The lowest BCUT2D eigenvalue weighted by atomic mass is 10.0. The SMILES string of the molecule is COc1ccc(S(=O)(=O)N[C@@H](CNC(=O)c2ccc(N3CCC(NC4=NCCCN4)CC3)c(F)c2)C(=O)O)cc1. The van der Waals surface area contributed by atoms with E-state index in [-0.39, 0.29) is 16.5 Å². The van der Waals surface area contributed by atoms with E-state index in [1.807, 2.05) is 4.90 Å². The van der Waals surface area contributed by atoms with E-state index in [0.717, 1.165) is 44.4 Å². The standard InChI is InChI=1S/C26H33FN6O6S/c1-39-19-4-6-20(7-5-19)40(37,38)32-22(25(35)36)16-30-24(34)17-3-8-23(21(27)15-17)33-13-9-18(10-14-33)31-26-28-11-2-12-29-26/h3-8,15,18,22,32H,2,9-14,16H2,1H3,(H,30,34)(H,35,36)(H2,28,29,31)/t22-/m0/s1. The number of carbonyl (C=O) groups excluding carboxylic acids is 1. The van der Waals surface area contributed by atoms with Crippen molar-refractivity contribution in [3.63, 3.8) is 0 Å². The Morgan fingerprint density at radius 1 is 1.20 bits per heavy atom. The molecule has 12 nitrogen and oxygen atoms in total. The molecule has 1 atom stereocenters. The quantitative estimate of drug-likeness (QED) is 0.277. The smallest absolute Gasteiger partial charge is 0.323 e. The molecule has 1 amide bonds. The van der Waals surface area contributed by atoms with Crippen LogP contribution < -0.4 is 30.3 Å². The highest BCUT2D eigenvalue weighted by atomic mass is 32.2. The topological polar surface area (TPSA) is 161 Å². The van der Waals surface area contributed by atoms with Gasteiger partial charge in [0, 0.05) is 44.3 Å². The minimum atomic E-state index is -4.20. The van der Waals surface area contributed by atoms with Crippen LogP contribution in [0.1, 0.15) is 29.6 Å². The maximum absolute atomic E-state index is 15.0. The predicted molar refractivity (Wildman–Crippen MR) is 147 cm³/mol. The molecule has 0 aliphatic carbocycles. The van der Waals surface area contributed by atoms with Gasteiger partial charge in [-0.15, -0.1) is 0 Å². The van der Waals surface area contributed by atoms with E-state index >= 15 is 0 Å². The van der Waals surface area contributed by atoms with Crippen LogP contribution in [0.2, 0.25) is 0 Å². The Morgan fingerprint density at radius 3 is 2.52 bits per heavy atom. The summed E-state index contributed by atoms with van der Waals surface area (Å²) in [5.74, 6) is -1.55. The molecule has 14 heteroatoms. The number of aliphatic carboxylic acids is 1. The number of aliphatic imine (C=N–C) groups is 1. The Balaban J connectivity index is 1.32. The summed E-state index contributed by atoms with van der Waals surface area (Å²) in [7, 11) is -2.77. The fourth-order valence-electron chi connectivity index (χ4n) is 4.48. The number of anilines is 1. The third kappa shape index (κ3) is 7.39. The van der Waals surface area contributed by atoms with Crippen LogP contribution in [0.4, 0.5) is 10.1 Å². The van der Waals surface area contributed by atoms with Crippen molar-refractivity contribution in [1.29, 1.82) is 0 Å². The number of sulfonamides is 1. The second-order valence-corrected chi connectivity index (χ2v) is 11.2. The number of methoxy groups -OCH3 is 1. The zero-order valence-electron chi connectivity index (χ0n) is 22.0. The number of carboxylic acids is 1. The molecule has 1 saturated heterocycles. The van der Waals surface area contributed by atoms with E-state index in [2.05, 4.69) is 25.7 Å². The molecule has 2 aliphatic rings. The van der Waals surface area contributed by atoms with Crippen molar-refractivity contribution in [2.24, 2.45) is 4.99 Å². The number of piperidine rings is 1. The van der Waals surface area contributed by atoms with Crippen molar-refractivity contribution in [3.05, 3.63) is 53.8 Å². The van der Waals surface area contributed by atoms with Crippen molar-refractivity contribution >= 4 is 33.5 Å². The lowest BCUT2D eigenvalue weighted by molar-refractivity contribution is -0.138. The Kier molecular flexibility index (Phi) is 9.42. The van der Waals surface area contributed by atoms with Gasteiger partial charge in [0.2, 0.25) is 10.0 Å². The van der Waals surface area contributed by atoms with Crippen LogP contribution in [0.3, 0.4) is 0 Å². The molecule has 0 spiro atoms. The summed E-state index contributed by atoms with van der Waals surface area (Å²) in [4.78, 5) is 30.5. The van der Waals surface area contributed by atoms with Crippen molar-refractivity contribution in [2.45, 2.75) is 36.2 Å². The molecular weight excluding hydrogens is 543 g/mol. The molecule has 1 fully saturated rings. The predicted octanol–water partition coefficient (Wildman–Crippen LogP) is 0.904. The van der Waals surface area contributed by atoms with Crippen LogP contribution in [0.5, 0.6) is 5.75 Å². The summed E-state index contributed by atoms with van der Waals surface area (Å²) >= 11 is 0. The van der Waals surface area contributed by atoms with E-state index in [9.17, 15) is 27.5 Å². The fraction of sp³-hybridized carbons (Fsp3) is 0.423. The number of carbonyl (C=O) groups is 2. The second-order valence-electron chi connectivity index (χ2n) is 9.48. The molecule has 0 bridgehead atoms. The molecule has 5 N–H and O–H groups in total. The van der Waals surface area contributed by atoms with Crippen LogP contribution in [0.25, 0.3) is 0 Å². The van der Waals surface area contributed by atoms with Gasteiger partial charge in [-0.05, 0) is 61.7 Å². The van der Waals surface area contributed by atoms with Crippen molar-refractivity contribution in [3.8, 4) is 5.75 Å². The average molecular weight is 577 g/mol. The molecule has 2 aromatic rings. The van der Waals surface area contributed by atoms with Crippen molar-refractivity contribution in [2.75, 3.05) is 44.7 Å². The normalized spacial score (nSPS) is 16.9. The Hall–Kier alpha value is -3.91. The highest BCUT2D eigenvalue weighted by Crippen LogP contribution is 2.24. The maximum Gasteiger partial charge on any atom is 0.323 e. The summed E-state index contributed by atoms with van der Waals surface area (Å²) in [6, 6.07) is 8.04. The first-order chi connectivity index (χ1) is 19.2. The zero-order chi connectivity index (χ0) is 28.7. The van der Waals surface area contributed by atoms with Crippen LogP contribution in [0.15, 0.2) is 52.4 Å². The van der Waals surface area contributed by atoms with Gasteiger partial charge in [-0.3, -0.25) is 14.6 Å². The van der Waals surface area contributed by atoms with Gasteiger partial charge >= 0.3 is 5.97 Å². The molecule has 0 aromatic heterocycles. The lowest BCUT2D eigenvalue weighted by Gasteiger charge is -2.35. The highest BCUT2D eigenvalue weighted by Gasteiger charge is 2.27. The first kappa shape index (κ1) is 29.1. The number of nitrogens with one attached hydrogen (secondary N) is 4. The summed E-state index contributed by atoms with van der Waals surface area (Å²) < 4.78 is 47.3. The van der Waals surface area contributed by atoms with Crippen molar-refractivity contribution in [1.82, 2.24) is 20.7 Å². The molecule has 0 unspecified atom stereocenters. The number of guanidine groups is 1. The van der Waals surface area contributed by atoms with Gasteiger partial charge in [0.05, 0.1) is 17.7 Å². The van der Waals surface area contributed by atoms with Crippen LogP contribution in [-0.2, 0) is 14.8 Å². The largest absolute Gasteiger partial charge is 0.497 e. The molecule has 0 saturated carbocycles. The number of halogens is 1. The molecular formula is C26H33FN6O6S. The van der Waals surface area contributed by atoms with E-state index in [1.54, 1.807) is 0 Å². The molecule has 2 aromatic carbocycles. The number of benzene rings is 2. The number of carboxylic acid groups (broad SMARTS) is 1.